The van der Waals surface area contributed by atoms with Crippen molar-refractivity contribution in [3.05, 3.63) is 54.2 Å². The summed E-state index contributed by atoms with van der Waals surface area (Å²) >= 11 is 0. The van der Waals surface area contributed by atoms with Crippen molar-refractivity contribution in [2.75, 3.05) is 12.1 Å². The molecule has 2 unspecified atom stereocenters. The number of pyridine rings is 1. The van der Waals surface area contributed by atoms with Crippen molar-refractivity contribution in [3.8, 4) is 5.75 Å². The van der Waals surface area contributed by atoms with E-state index in [2.05, 4.69) is 10.1 Å². The number of hydrogen-bond acceptors (Lipinski definition) is 5. The summed E-state index contributed by atoms with van der Waals surface area (Å²) in [5.74, 6) is -0.270. The molecule has 2 heterocycles. The molecule has 1 aromatic carbocycles. The van der Waals surface area contributed by atoms with Gasteiger partial charge in [0.2, 0.25) is 0 Å². The van der Waals surface area contributed by atoms with Gasteiger partial charge in [0.05, 0.1) is 18.9 Å². The van der Waals surface area contributed by atoms with Crippen LogP contribution in [0.2, 0.25) is 0 Å². The fraction of sp³-hybridized carbons (Fsp3) is 0.235. The molecular weight excluding hydrogens is 294 g/mol. The predicted octanol–water partition coefficient (Wildman–Crippen LogP) is 2.73. The van der Waals surface area contributed by atoms with Gasteiger partial charge in [-0.1, -0.05) is 18.2 Å². The van der Waals surface area contributed by atoms with E-state index >= 15 is 0 Å². The van der Waals surface area contributed by atoms with E-state index in [4.69, 9.17) is 4.74 Å². The van der Waals surface area contributed by atoms with E-state index in [-0.39, 0.29) is 0 Å². The molecule has 0 bridgehead atoms. The zero-order valence-corrected chi connectivity index (χ0v) is 12.9. The Kier molecular flexibility index (Phi) is 3.97. The predicted molar refractivity (Wildman–Crippen MR) is 86.7 cm³/mol. The molecule has 0 aliphatic carbocycles. The van der Waals surface area contributed by atoms with Crippen LogP contribution in [0.25, 0.3) is 0 Å². The molecule has 1 N–H and O–H groups in total. The first kappa shape index (κ1) is 15.0. The van der Waals surface area contributed by atoms with Crippen LogP contribution in [-0.2, 0) is 4.79 Å². The number of nitrogens with zero attached hydrogens (tertiary/aromatic N) is 3. The van der Waals surface area contributed by atoms with Crippen molar-refractivity contribution < 1.29 is 14.6 Å². The third-order valence-electron chi connectivity index (χ3n) is 3.90. The maximum Gasteiger partial charge on any atom is 0.314 e. The SMILES string of the molecule is COc1ccc(C2C(C(=O)O)C(C)=NN2c2ccccn2)cc1. The summed E-state index contributed by atoms with van der Waals surface area (Å²) in [6.07, 6.45) is 1.67. The molecule has 0 radical (unpaired) electrons. The van der Waals surface area contributed by atoms with E-state index in [1.165, 1.54) is 0 Å². The summed E-state index contributed by atoms with van der Waals surface area (Å²) in [6, 6.07) is 12.4. The molecule has 0 spiro atoms. The molecule has 0 fully saturated rings. The van der Waals surface area contributed by atoms with Gasteiger partial charge in [-0.3, -0.25) is 4.79 Å². The average molecular weight is 311 g/mol. The minimum Gasteiger partial charge on any atom is -0.497 e. The number of carbonyl (C=O) groups is 1. The van der Waals surface area contributed by atoms with Gasteiger partial charge in [0.15, 0.2) is 0 Å². The topological polar surface area (TPSA) is 75.0 Å². The van der Waals surface area contributed by atoms with Gasteiger partial charge in [-0.2, -0.15) is 5.10 Å². The van der Waals surface area contributed by atoms with Crippen molar-refractivity contribution >= 4 is 17.5 Å². The number of ether oxygens (including phenoxy) is 1. The number of aliphatic carboxylic acids is 1. The summed E-state index contributed by atoms with van der Waals surface area (Å²) in [4.78, 5) is 16.0. The molecule has 1 aromatic heterocycles. The fourth-order valence-corrected chi connectivity index (χ4v) is 2.80. The number of benzene rings is 1. The molecule has 3 rings (SSSR count). The number of rotatable bonds is 4. The van der Waals surface area contributed by atoms with Gasteiger partial charge in [-0.05, 0) is 36.8 Å². The number of hydrogen-bond donors (Lipinski definition) is 1. The Morgan fingerprint density at radius 3 is 2.52 bits per heavy atom. The Balaban J connectivity index is 2.05. The third-order valence-corrected chi connectivity index (χ3v) is 3.90. The maximum absolute atomic E-state index is 11.7. The number of hydrazone groups is 1. The van der Waals surface area contributed by atoms with Crippen molar-refractivity contribution in [1.29, 1.82) is 0 Å². The van der Waals surface area contributed by atoms with E-state index in [1.54, 1.807) is 25.2 Å². The molecule has 2 atom stereocenters. The molecule has 118 valence electrons. The number of methoxy groups -OCH3 is 1. The summed E-state index contributed by atoms with van der Waals surface area (Å²) < 4.78 is 5.17. The molecular formula is C17H17N3O3. The molecule has 1 aliphatic rings. The number of aromatic nitrogens is 1. The van der Waals surface area contributed by atoms with E-state index in [0.717, 1.165) is 11.3 Å². The molecule has 1 aliphatic heterocycles. The summed E-state index contributed by atoms with van der Waals surface area (Å²) in [5.41, 5.74) is 1.41. The second-order valence-electron chi connectivity index (χ2n) is 5.31. The van der Waals surface area contributed by atoms with Crippen LogP contribution in [0.3, 0.4) is 0 Å². The van der Waals surface area contributed by atoms with Crippen LogP contribution in [0.4, 0.5) is 5.82 Å². The normalized spacial score (nSPS) is 20.3. The molecule has 6 nitrogen and oxygen atoms in total. The minimum atomic E-state index is -0.898. The van der Waals surface area contributed by atoms with Gasteiger partial charge in [0.1, 0.15) is 17.5 Å². The van der Waals surface area contributed by atoms with E-state index in [9.17, 15) is 9.90 Å². The van der Waals surface area contributed by atoms with Crippen LogP contribution < -0.4 is 9.75 Å². The van der Waals surface area contributed by atoms with Crippen molar-refractivity contribution in [2.24, 2.45) is 11.0 Å². The first-order valence-electron chi connectivity index (χ1n) is 7.24. The van der Waals surface area contributed by atoms with Crippen LogP contribution in [-0.4, -0.2) is 28.9 Å². The van der Waals surface area contributed by atoms with Gasteiger partial charge >= 0.3 is 5.97 Å². The zero-order valence-electron chi connectivity index (χ0n) is 12.9. The van der Waals surface area contributed by atoms with Crippen molar-refractivity contribution in [3.63, 3.8) is 0 Å². The largest absolute Gasteiger partial charge is 0.497 e. The van der Waals surface area contributed by atoms with Crippen LogP contribution >= 0.6 is 0 Å². The quantitative estimate of drug-likeness (QED) is 0.939. The average Bonchev–Trinajstić information content (AvgIpc) is 2.93. The Morgan fingerprint density at radius 2 is 1.96 bits per heavy atom. The van der Waals surface area contributed by atoms with Crippen LogP contribution in [0.1, 0.15) is 18.5 Å². The second kappa shape index (κ2) is 6.08. The highest BCUT2D eigenvalue weighted by Gasteiger charge is 2.42. The Bertz CT molecular complexity index is 729. The van der Waals surface area contributed by atoms with Crippen LogP contribution in [0.5, 0.6) is 5.75 Å². The third kappa shape index (κ3) is 2.75. The van der Waals surface area contributed by atoms with E-state index < -0.39 is 17.9 Å². The molecule has 2 aromatic rings. The Morgan fingerprint density at radius 1 is 1.22 bits per heavy atom. The summed E-state index contributed by atoms with van der Waals surface area (Å²) in [5, 5.41) is 15.7. The summed E-state index contributed by atoms with van der Waals surface area (Å²) in [6.45, 7) is 1.73. The van der Waals surface area contributed by atoms with Gasteiger partial charge in [-0.15, -0.1) is 0 Å². The lowest BCUT2D eigenvalue weighted by atomic mass is 9.90. The molecule has 0 amide bonds. The first-order valence-corrected chi connectivity index (χ1v) is 7.24. The number of anilines is 1. The van der Waals surface area contributed by atoms with Gasteiger partial charge in [-0.25, -0.2) is 9.99 Å². The lowest BCUT2D eigenvalue weighted by Crippen LogP contribution is -2.30. The Hall–Kier alpha value is -2.89. The van der Waals surface area contributed by atoms with Crippen LogP contribution in [0, 0.1) is 5.92 Å². The van der Waals surface area contributed by atoms with Gasteiger partial charge < -0.3 is 9.84 Å². The van der Waals surface area contributed by atoms with Crippen molar-refractivity contribution in [2.45, 2.75) is 13.0 Å². The highest BCUT2D eigenvalue weighted by molar-refractivity contribution is 6.03. The zero-order chi connectivity index (χ0) is 16.4. The van der Waals surface area contributed by atoms with Gasteiger partial charge in [0.25, 0.3) is 0 Å². The lowest BCUT2D eigenvalue weighted by Gasteiger charge is -2.26. The number of carboxylic acid groups (broad SMARTS) is 1. The minimum absolute atomic E-state index is 0.437. The molecule has 0 saturated carbocycles. The lowest BCUT2D eigenvalue weighted by molar-refractivity contribution is -0.139. The molecule has 0 saturated heterocycles. The van der Waals surface area contributed by atoms with E-state index in [1.807, 2.05) is 42.5 Å². The fourth-order valence-electron chi connectivity index (χ4n) is 2.80. The first-order chi connectivity index (χ1) is 11.1. The standard InChI is InChI=1S/C17H17N3O3/c1-11-15(17(21)22)16(12-6-8-13(23-2)9-7-12)20(19-11)14-5-3-4-10-18-14/h3-10,15-16H,1-2H3,(H,21,22). The maximum atomic E-state index is 11.7. The highest BCUT2D eigenvalue weighted by Crippen LogP contribution is 2.38. The monoisotopic (exact) mass is 311 g/mol. The highest BCUT2D eigenvalue weighted by atomic mass is 16.5. The smallest absolute Gasteiger partial charge is 0.314 e. The van der Waals surface area contributed by atoms with Gasteiger partial charge in [0, 0.05) is 6.20 Å². The van der Waals surface area contributed by atoms with Crippen LogP contribution in [0.15, 0.2) is 53.8 Å². The van der Waals surface area contributed by atoms with E-state index in [0.29, 0.717) is 11.5 Å². The Labute approximate surface area is 134 Å². The number of carboxylic acids is 1. The second-order valence-corrected chi connectivity index (χ2v) is 5.31. The summed E-state index contributed by atoms with van der Waals surface area (Å²) in [7, 11) is 1.60. The van der Waals surface area contributed by atoms with Crippen molar-refractivity contribution in [1.82, 2.24) is 4.98 Å². The molecule has 6 heteroatoms. The molecule has 23 heavy (non-hydrogen) atoms.